The van der Waals surface area contributed by atoms with E-state index >= 15 is 0 Å². The molecule has 0 N–H and O–H groups in total. The van der Waals surface area contributed by atoms with Crippen molar-refractivity contribution in [1.29, 1.82) is 0 Å². The van der Waals surface area contributed by atoms with Gasteiger partial charge in [0.25, 0.3) is 8.32 Å². The molecular weight excluding hydrogens is 685 g/mol. The molecule has 0 aromatic heterocycles. The van der Waals surface area contributed by atoms with Crippen LogP contribution in [0.4, 0.5) is 0 Å². The van der Waals surface area contributed by atoms with Crippen molar-refractivity contribution in [3.63, 3.8) is 0 Å². The number of hydrogen-bond acceptors (Lipinski definition) is 8. The smallest absolute Gasteiger partial charge is 0.261 e. The minimum Gasteiger partial charge on any atom is -0.491 e. The number of unbranched alkanes of at least 4 members (excludes halogenated alkanes) is 5. The first-order chi connectivity index (χ1) is 26.0. The van der Waals surface area contributed by atoms with E-state index in [4.69, 9.17) is 37.6 Å². The highest BCUT2D eigenvalue weighted by Gasteiger charge is 2.50. The molecule has 0 aliphatic carbocycles. The second-order valence-electron chi connectivity index (χ2n) is 14.2. The normalized spacial score (nSPS) is 12.0. The minimum absolute atomic E-state index is 0.0511. The molecule has 0 heterocycles. The predicted octanol–water partition coefficient (Wildman–Crippen LogP) is 7.64. The lowest BCUT2D eigenvalue weighted by Crippen LogP contribution is -2.66. The molecule has 0 fully saturated rings. The van der Waals surface area contributed by atoms with E-state index in [9.17, 15) is 0 Å². The second-order valence-corrected chi connectivity index (χ2v) is 18.5. The molecule has 0 amide bonds. The van der Waals surface area contributed by atoms with E-state index in [1.165, 1.54) is 54.5 Å². The van der Waals surface area contributed by atoms with Crippen molar-refractivity contribution in [3.8, 4) is 5.75 Å². The van der Waals surface area contributed by atoms with Gasteiger partial charge in [0.15, 0.2) is 0 Å². The van der Waals surface area contributed by atoms with E-state index in [0.717, 1.165) is 12.2 Å². The van der Waals surface area contributed by atoms with Gasteiger partial charge < -0.3 is 37.6 Å². The van der Waals surface area contributed by atoms with Crippen LogP contribution in [0.15, 0.2) is 84.9 Å². The number of aryl methyl sites for hydroxylation is 1. The molecule has 8 nitrogen and oxygen atoms in total. The Morgan fingerprint density at radius 2 is 0.830 bits per heavy atom. The van der Waals surface area contributed by atoms with Gasteiger partial charge in [-0.05, 0) is 45.9 Å². The van der Waals surface area contributed by atoms with Crippen molar-refractivity contribution < 1.29 is 37.6 Å². The lowest BCUT2D eigenvalue weighted by atomic mass is 10.0. The molecule has 0 radical (unpaired) electrons. The fourth-order valence-corrected chi connectivity index (χ4v) is 10.8. The maximum absolute atomic E-state index is 6.86. The van der Waals surface area contributed by atoms with E-state index in [-0.39, 0.29) is 5.04 Å². The molecular formula is C44H68O8Si. The van der Waals surface area contributed by atoms with Gasteiger partial charge in [0, 0.05) is 0 Å². The van der Waals surface area contributed by atoms with Gasteiger partial charge in [0.2, 0.25) is 0 Å². The SMILES string of the molecule is CCCCCCCCc1ccc(OCCOCCOCCOCCOCCOCCOCCO[Si](c2ccccc2)(c2ccccc2)C(C)(C)C)cc1. The van der Waals surface area contributed by atoms with E-state index < -0.39 is 8.32 Å². The van der Waals surface area contributed by atoms with E-state index in [1.807, 2.05) is 0 Å². The number of rotatable bonds is 32. The highest BCUT2D eigenvalue weighted by atomic mass is 28.4. The Morgan fingerprint density at radius 1 is 0.434 bits per heavy atom. The average Bonchev–Trinajstić information content (AvgIpc) is 3.17. The predicted molar refractivity (Wildman–Crippen MR) is 218 cm³/mol. The minimum atomic E-state index is -2.53. The summed E-state index contributed by atoms with van der Waals surface area (Å²) in [5.74, 6) is 0.889. The first-order valence-corrected chi connectivity index (χ1v) is 21.8. The Labute approximate surface area is 321 Å². The van der Waals surface area contributed by atoms with Crippen LogP contribution in [0, 0.1) is 0 Å². The maximum atomic E-state index is 6.86. The van der Waals surface area contributed by atoms with E-state index in [0.29, 0.717) is 92.5 Å². The summed E-state index contributed by atoms with van der Waals surface area (Å²) >= 11 is 0. The van der Waals surface area contributed by atoms with Crippen molar-refractivity contribution >= 4 is 18.7 Å². The van der Waals surface area contributed by atoms with Gasteiger partial charge in [-0.3, -0.25) is 0 Å². The molecule has 0 aliphatic rings. The van der Waals surface area contributed by atoms with Crippen molar-refractivity contribution in [3.05, 3.63) is 90.5 Å². The first-order valence-electron chi connectivity index (χ1n) is 19.9. The Bertz CT molecular complexity index is 1230. The van der Waals surface area contributed by atoms with Gasteiger partial charge in [-0.2, -0.15) is 0 Å². The van der Waals surface area contributed by atoms with Crippen LogP contribution in [-0.4, -0.2) is 101 Å². The summed E-state index contributed by atoms with van der Waals surface area (Å²) in [7, 11) is -2.53. The largest absolute Gasteiger partial charge is 0.491 e. The van der Waals surface area contributed by atoms with Gasteiger partial charge in [-0.1, -0.05) is 133 Å². The summed E-state index contributed by atoms with van der Waals surface area (Å²) < 4.78 is 46.6. The van der Waals surface area contributed by atoms with Crippen LogP contribution in [0.25, 0.3) is 0 Å². The van der Waals surface area contributed by atoms with Crippen molar-refractivity contribution in [2.75, 3.05) is 92.5 Å². The van der Waals surface area contributed by atoms with Gasteiger partial charge in [-0.25, -0.2) is 0 Å². The summed E-state index contributed by atoms with van der Waals surface area (Å²) in [5, 5.41) is 2.49. The van der Waals surface area contributed by atoms with Gasteiger partial charge in [0.1, 0.15) is 12.4 Å². The molecule has 0 bridgehead atoms. The Kier molecular flexibility index (Phi) is 23.6. The first kappa shape index (κ1) is 44.8. The maximum Gasteiger partial charge on any atom is 0.261 e. The number of hydrogen-bond donors (Lipinski definition) is 0. The summed E-state index contributed by atoms with van der Waals surface area (Å²) in [4.78, 5) is 0. The molecule has 0 atom stereocenters. The van der Waals surface area contributed by atoms with Crippen LogP contribution in [0.5, 0.6) is 5.75 Å². The Balaban J connectivity index is 1.08. The fraction of sp³-hybridized carbons (Fsp3) is 0.591. The highest BCUT2D eigenvalue weighted by molar-refractivity contribution is 6.99. The zero-order valence-corrected chi connectivity index (χ0v) is 34.2. The van der Waals surface area contributed by atoms with Gasteiger partial charge in [0.05, 0.1) is 85.9 Å². The second kappa shape index (κ2) is 27.9. The average molecular weight is 753 g/mol. The highest BCUT2D eigenvalue weighted by Crippen LogP contribution is 2.36. The van der Waals surface area contributed by atoms with Crippen LogP contribution >= 0.6 is 0 Å². The third kappa shape index (κ3) is 18.1. The monoisotopic (exact) mass is 752 g/mol. The van der Waals surface area contributed by atoms with Crippen LogP contribution in [0.3, 0.4) is 0 Å². The lowest BCUT2D eigenvalue weighted by molar-refractivity contribution is -0.0188. The van der Waals surface area contributed by atoms with Crippen molar-refractivity contribution in [1.82, 2.24) is 0 Å². The van der Waals surface area contributed by atoms with Gasteiger partial charge >= 0.3 is 0 Å². The summed E-state index contributed by atoms with van der Waals surface area (Å²) in [6.07, 6.45) is 9.10. The third-order valence-electron chi connectivity index (χ3n) is 9.06. The Morgan fingerprint density at radius 3 is 1.26 bits per heavy atom. The van der Waals surface area contributed by atoms with E-state index in [2.05, 4.69) is 113 Å². The Hall–Kier alpha value is -2.60. The molecule has 9 heteroatoms. The molecule has 3 aromatic rings. The molecule has 0 saturated heterocycles. The zero-order chi connectivity index (χ0) is 37.7. The topological polar surface area (TPSA) is 73.8 Å². The molecule has 53 heavy (non-hydrogen) atoms. The summed E-state index contributed by atoms with van der Waals surface area (Å²) in [6.45, 7) is 16.4. The molecule has 296 valence electrons. The quantitative estimate of drug-likeness (QED) is 0.0476. The summed E-state index contributed by atoms with van der Waals surface area (Å²) in [5.41, 5.74) is 1.38. The molecule has 3 aromatic carbocycles. The van der Waals surface area contributed by atoms with Crippen molar-refractivity contribution in [2.45, 2.75) is 77.7 Å². The van der Waals surface area contributed by atoms with Gasteiger partial charge in [-0.15, -0.1) is 0 Å². The zero-order valence-electron chi connectivity index (χ0n) is 33.2. The van der Waals surface area contributed by atoms with Crippen LogP contribution in [-0.2, 0) is 39.3 Å². The van der Waals surface area contributed by atoms with Crippen LogP contribution in [0.1, 0.15) is 71.8 Å². The van der Waals surface area contributed by atoms with Crippen molar-refractivity contribution in [2.24, 2.45) is 0 Å². The summed E-state index contributed by atoms with van der Waals surface area (Å²) in [6, 6.07) is 29.8. The number of ether oxygens (including phenoxy) is 7. The fourth-order valence-electron chi connectivity index (χ4n) is 6.30. The van der Waals surface area contributed by atoms with Crippen LogP contribution < -0.4 is 15.1 Å². The van der Waals surface area contributed by atoms with Crippen LogP contribution in [0.2, 0.25) is 5.04 Å². The lowest BCUT2D eigenvalue weighted by Gasteiger charge is -2.43. The standard InChI is InChI=1S/C44H68O8Si/c1-5-6-7-8-9-12-17-40-22-24-41(25-23-40)51-38-36-49-34-32-47-30-28-45-26-27-46-29-31-48-33-35-50-37-39-52-53(44(2,3)4,42-18-13-10-14-19-42)43-20-15-11-16-21-43/h10-11,13-16,18-25H,5-9,12,17,26-39H2,1-4H3. The molecule has 3 rings (SSSR count). The molecule has 0 aliphatic heterocycles. The molecule has 0 spiro atoms. The third-order valence-corrected chi connectivity index (χ3v) is 14.1. The molecule has 0 unspecified atom stereocenters. The molecule has 0 saturated carbocycles. The number of benzene rings is 3. The van der Waals surface area contributed by atoms with E-state index in [1.54, 1.807) is 0 Å².